The molecule has 10 nitrogen and oxygen atoms in total. The predicted molar refractivity (Wildman–Crippen MR) is 137 cm³/mol. The molecule has 0 aliphatic rings. The van der Waals surface area contributed by atoms with Crippen molar-refractivity contribution in [3.8, 4) is 22.6 Å². The molecule has 0 radical (unpaired) electrons. The molecule has 0 spiro atoms. The van der Waals surface area contributed by atoms with Gasteiger partial charge in [-0.2, -0.15) is 13.9 Å². The van der Waals surface area contributed by atoms with Crippen molar-refractivity contribution < 1.29 is 22.7 Å². The fourth-order valence-electron chi connectivity index (χ4n) is 3.98. The van der Waals surface area contributed by atoms with Crippen molar-refractivity contribution in [2.75, 3.05) is 12.4 Å². The Kier molecular flexibility index (Phi) is 7.02. The summed E-state index contributed by atoms with van der Waals surface area (Å²) in [5.74, 6) is -1.12. The minimum Gasteiger partial charge on any atom is -0.495 e. The fraction of sp³-hybridized carbons (Fsp3) is 0.125. The number of pyridine rings is 1. The third-order valence-corrected chi connectivity index (χ3v) is 6.14. The van der Waals surface area contributed by atoms with Crippen LogP contribution in [0.25, 0.3) is 27.7 Å². The number of fused-ring (bicyclic) bond motifs is 1. The van der Waals surface area contributed by atoms with Crippen LogP contribution in [0.3, 0.4) is 0 Å². The summed E-state index contributed by atoms with van der Waals surface area (Å²) in [4.78, 5) is 25.7. The van der Waals surface area contributed by atoms with Crippen LogP contribution in [0.2, 0.25) is 10.2 Å². The number of hydrogen-bond donors (Lipinski definition) is 1. The second-order valence-corrected chi connectivity index (χ2v) is 8.94. The first-order chi connectivity index (χ1) is 18.7. The Morgan fingerprint density at radius 2 is 1.85 bits per heavy atom. The first-order valence-electron chi connectivity index (χ1n) is 11.0. The van der Waals surface area contributed by atoms with Gasteiger partial charge in [0.2, 0.25) is 0 Å². The number of rotatable bonds is 7. The van der Waals surface area contributed by atoms with E-state index < -0.39 is 24.3 Å². The maximum Gasteiger partial charge on any atom is 0.333 e. The van der Waals surface area contributed by atoms with E-state index in [-0.39, 0.29) is 27.7 Å². The predicted octanol–water partition coefficient (Wildman–Crippen LogP) is 5.26. The Morgan fingerprint density at radius 3 is 2.54 bits per heavy atom. The van der Waals surface area contributed by atoms with Crippen molar-refractivity contribution in [1.29, 1.82) is 0 Å². The largest absolute Gasteiger partial charge is 0.495 e. The van der Waals surface area contributed by atoms with Crippen molar-refractivity contribution in [2.24, 2.45) is 0 Å². The van der Waals surface area contributed by atoms with E-state index in [9.17, 15) is 18.4 Å². The summed E-state index contributed by atoms with van der Waals surface area (Å²) in [6.45, 7) is -2.85. The third-order valence-electron chi connectivity index (χ3n) is 5.73. The normalized spacial score (nSPS) is 12.2. The molecule has 0 saturated heterocycles. The van der Waals surface area contributed by atoms with Crippen molar-refractivity contribution in [3.05, 3.63) is 81.6 Å². The number of methoxy groups -OCH3 is 1. The summed E-state index contributed by atoms with van der Waals surface area (Å²) < 4.78 is 49.2. The number of amides is 1. The number of nitrogens with one attached hydrogen (secondary N) is 1. The van der Waals surface area contributed by atoms with Crippen LogP contribution >= 0.6 is 23.2 Å². The quantitative estimate of drug-likeness (QED) is 0.282. The van der Waals surface area contributed by atoms with Crippen LogP contribution in [0.1, 0.15) is 12.8 Å². The average molecular weight is 578 g/mol. The van der Waals surface area contributed by atoms with E-state index in [2.05, 4.69) is 20.7 Å². The van der Waals surface area contributed by atoms with Crippen LogP contribution in [-0.4, -0.2) is 42.4 Å². The summed E-state index contributed by atoms with van der Waals surface area (Å²) in [7, 11) is 1.31. The van der Waals surface area contributed by atoms with Gasteiger partial charge in [-0.15, -0.1) is 5.10 Å². The molecule has 3 heterocycles. The van der Waals surface area contributed by atoms with E-state index in [0.717, 1.165) is 12.3 Å². The van der Waals surface area contributed by atoms with Gasteiger partial charge in [-0.05, 0) is 36.4 Å². The molecule has 1 unspecified atom stereocenters. The lowest BCUT2D eigenvalue weighted by molar-refractivity contribution is -0.123. The van der Waals surface area contributed by atoms with E-state index in [0.29, 0.717) is 30.9 Å². The Morgan fingerprint density at radius 1 is 1.05 bits per heavy atom. The van der Waals surface area contributed by atoms with Gasteiger partial charge >= 0.3 is 6.55 Å². The lowest BCUT2D eigenvalue weighted by atomic mass is 10.0. The molecule has 15 heteroatoms. The zero-order valence-corrected chi connectivity index (χ0v) is 21.2. The third kappa shape index (κ3) is 5.05. The zero-order chi connectivity index (χ0) is 27.8. The molecule has 1 atom stereocenters. The Bertz CT molecular complexity index is 1770. The van der Waals surface area contributed by atoms with Crippen LogP contribution < -0.4 is 15.6 Å². The highest BCUT2D eigenvalue weighted by Gasteiger charge is 2.24. The van der Waals surface area contributed by atoms with Gasteiger partial charge in [-0.3, -0.25) is 14.2 Å². The number of carbonyl (C=O) groups excluding carboxylic acids is 1. The van der Waals surface area contributed by atoms with Gasteiger partial charge in [0.15, 0.2) is 5.15 Å². The number of benzene rings is 2. The summed E-state index contributed by atoms with van der Waals surface area (Å²) in [6, 6.07) is 9.86. The van der Waals surface area contributed by atoms with E-state index in [1.165, 1.54) is 42.4 Å². The standard InChI is InChI=1S/C24H16Cl2F3N7O3/c1-39-19-10-34(22(27)23(38)31-14-3-5-17-12(6-14)9-30-36(17)24(28)29)21(37)8-16(19)15-7-13(25)2-4-18(15)35-11-20(26)32-33-35/h2-11,22,24H,1H3,(H,31,38). The van der Waals surface area contributed by atoms with Gasteiger partial charge in [0.05, 0.1) is 36.9 Å². The molecule has 3 aromatic heterocycles. The van der Waals surface area contributed by atoms with Gasteiger partial charge in [0.1, 0.15) is 5.75 Å². The minimum atomic E-state index is -2.85. The van der Waals surface area contributed by atoms with E-state index in [1.807, 2.05) is 0 Å². The number of carbonyl (C=O) groups is 1. The second kappa shape index (κ2) is 10.4. The lowest BCUT2D eigenvalue weighted by Gasteiger charge is -2.17. The minimum absolute atomic E-state index is 0.0561. The Hall–Kier alpha value is -4.36. The molecular formula is C24H16Cl2F3N7O3. The fourth-order valence-corrected chi connectivity index (χ4v) is 4.28. The smallest absolute Gasteiger partial charge is 0.333 e. The van der Waals surface area contributed by atoms with Crippen molar-refractivity contribution in [2.45, 2.75) is 12.8 Å². The molecule has 1 N–H and O–H groups in total. The van der Waals surface area contributed by atoms with Gasteiger partial charge in [-0.1, -0.05) is 28.4 Å². The molecule has 1 amide bonds. The van der Waals surface area contributed by atoms with E-state index in [1.54, 1.807) is 18.2 Å². The average Bonchev–Trinajstić information content (AvgIpc) is 3.54. The zero-order valence-electron chi connectivity index (χ0n) is 19.7. The molecule has 0 aliphatic heterocycles. The monoisotopic (exact) mass is 577 g/mol. The van der Waals surface area contributed by atoms with Crippen molar-refractivity contribution in [3.63, 3.8) is 0 Å². The summed E-state index contributed by atoms with van der Waals surface area (Å²) in [6.07, 6.45) is 1.24. The molecule has 2 aromatic carbocycles. The lowest BCUT2D eigenvalue weighted by Crippen LogP contribution is -2.30. The van der Waals surface area contributed by atoms with Crippen molar-refractivity contribution in [1.82, 2.24) is 29.3 Å². The van der Waals surface area contributed by atoms with Crippen LogP contribution in [0.15, 0.2) is 65.8 Å². The molecule has 0 bridgehead atoms. The van der Waals surface area contributed by atoms with Gasteiger partial charge in [-0.25, -0.2) is 13.8 Å². The maximum atomic E-state index is 15.3. The van der Waals surface area contributed by atoms with Crippen LogP contribution in [0.4, 0.5) is 18.9 Å². The van der Waals surface area contributed by atoms with Gasteiger partial charge in [0, 0.05) is 33.3 Å². The first kappa shape index (κ1) is 26.3. The summed E-state index contributed by atoms with van der Waals surface area (Å²) >= 11 is 12.1. The number of alkyl halides is 3. The molecule has 200 valence electrons. The first-order valence-corrected chi connectivity index (χ1v) is 11.8. The van der Waals surface area contributed by atoms with Gasteiger partial charge < -0.3 is 10.1 Å². The van der Waals surface area contributed by atoms with Crippen molar-refractivity contribution >= 4 is 45.7 Å². The molecule has 39 heavy (non-hydrogen) atoms. The SMILES string of the molecule is COc1cn(C(F)C(=O)Nc2ccc3c(cnn3C(F)F)c2)c(=O)cc1-c1cc(Cl)ccc1-n1cc(Cl)nn1. The summed E-state index contributed by atoms with van der Waals surface area (Å²) in [5.41, 5.74) is 0.499. The second-order valence-electron chi connectivity index (χ2n) is 8.11. The molecule has 0 fully saturated rings. The molecular weight excluding hydrogens is 562 g/mol. The number of hydrogen-bond acceptors (Lipinski definition) is 6. The topological polar surface area (TPSA) is 109 Å². The van der Waals surface area contributed by atoms with E-state index in [4.69, 9.17) is 27.9 Å². The maximum absolute atomic E-state index is 15.3. The number of aromatic nitrogens is 6. The van der Waals surface area contributed by atoms with Gasteiger partial charge in [0.25, 0.3) is 17.8 Å². The molecule has 0 aliphatic carbocycles. The highest BCUT2D eigenvalue weighted by molar-refractivity contribution is 6.31. The molecule has 5 rings (SSSR count). The van der Waals surface area contributed by atoms with Crippen LogP contribution in [0, 0.1) is 0 Å². The Balaban J connectivity index is 1.47. The molecule has 5 aromatic rings. The number of nitrogens with zero attached hydrogens (tertiary/aromatic N) is 6. The number of ether oxygens (including phenoxy) is 1. The van der Waals surface area contributed by atoms with Crippen LogP contribution in [0.5, 0.6) is 5.75 Å². The Labute approximate surface area is 227 Å². The number of halogens is 5. The summed E-state index contributed by atoms with van der Waals surface area (Å²) in [5, 5.41) is 14.4. The molecule has 0 saturated carbocycles. The van der Waals surface area contributed by atoms with Crippen LogP contribution in [-0.2, 0) is 4.79 Å². The van der Waals surface area contributed by atoms with E-state index >= 15 is 4.39 Å². The highest BCUT2D eigenvalue weighted by Crippen LogP contribution is 2.35. The number of anilines is 1. The highest BCUT2D eigenvalue weighted by atomic mass is 35.5.